The molecule has 160 valence electrons. The first-order valence-electron chi connectivity index (χ1n) is 9.77. The molecule has 0 bridgehead atoms. The van der Waals surface area contributed by atoms with Gasteiger partial charge in [-0.3, -0.25) is 20.2 Å². The van der Waals surface area contributed by atoms with E-state index in [2.05, 4.69) is 6.07 Å². The molecule has 0 aliphatic carbocycles. The third kappa shape index (κ3) is 4.52. The molecule has 0 saturated heterocycles. The topological polar surface area (TPSA) is 119 Å². The molecular weight excluding hydrogens is 422 g/mol. The van der Waals surface area contributed by atoms with Gasteiger partial charge < -0.3 is 4.74 Å². The number of nitriles is 1. The number of nitro groups is 2. The van der Waals surface area contributed by atoms with Gasteiger partial charge in [0.05, 0.1) is 27.6 Å². The third-order valence-electron chi connectivity index (χ3n) is 4.97. The molecule has 8 nitrogen and oxygen atoms in total. The van der Waals surface area contributed by atoms with Crippen molar-refractivity contribution in [3.63, 3.8) is 0 Å². The molecule has 8 heteroatoms. The molecule has 0 heterocycles. The van der Waals surface area contributed by atoms with E-state index >= 15 is 0 Å². The number of rotatable bonds is 6. The minimum Gasteiger partial charge on any atom is -0.450 e. The Kier molecular flexibility index (Phi) is 5.78. The summed E-state index contributed by atoms with van der Waals surface area (Å²) in [6.45, 7) is 0. The second kappa shape index (κ2) is 8.99. The Morgan fingerprint density at radius 2 is 1.61 bits per heavy atom. The monoisotopic (exact) mass is 437 g/mol. The number of benzene rings is 4. The van der Waals surface area contributed by atoms with Crippen LogP contribution in [0.3, 0.4) is 0 Å². The highest BCUT2D eigenvalue weighted by atomic mass is 16.6. The van der Waals surface area contributed by atoms with Crippen molar-refractivity contribution < 1.29 is 14.6 Å². The average Bonchev–Trinajstić information content (AvgIpc) is 2.83. The number of ether oxygens (including phenoxy) is 1. The third-order valence-corrected chi connectivity index (χ3v) is 4.97. The lowest BCUT2D eigenvalue weighted by atomic mass is 9.97. The summed E-state index contributed by atoms with van der Waals surface area (Å²) in [6.07, 6.45) is 1.75. The Labute approximate surface area is 187 Å². The van der Waals surface area contributed by atoms with Crippen molar-refractivity contribution in [2.24, 2.45) is 0 Å². The Balaban J connectivity index is 1.62. The standard InChI is InChI=1S/C25H15N3O5/c26-16-19(23-7-3-5-18-4-1-2-6-22(18)23)14-17-8-11-21(12-9-17)33-25-13-10-20(27(29)30)15-24(25)28(31)32/h1-15H/b19-14-. The van der Waals surface area contributed by atoms with Crippen LogP contribution in [0.25, 0.3) is 22.4 Å². The number of nitrogens with zero attached hydrogens (tertiary/aromatic N) is 3. The fourth-order valence-electron chi connectivity index (χ4n) is 3.40. The Hall–Kier alpha value is -5.03. The molecule has 0 aromatic heterocycles. The molecule has 0 spiro atoms. The number of allylic oxidation sites excluding steroid dienone is 1. The molecule has 0 aliphatic rings. The van der Waals surface area contributed by atoms with Gasteiger partial charge in [0.2, 0.25) is 5.75 Å². The number of hydrogen-bond acceptors (Lipinski definition) is 6. The smallest absolute Gasteiger partial charge is 0.318 e. The number of fused-ring (bicyclic) bond motifs is 1. The second-order valence-corrected chi connectivity index (χ2v) is 7.03. The van der Waals surface area contributed by atoms with Gasteiger partial charge in [-0.1, -0.05) is 54.6 Å². The van der Waals surface area contributed by atoms with E-state index in [9.17, 15) is 25.5 Å². The zero-order valence-electron chi connectivity index (χ0n) is 17.0. The van der Waals surface area contributed by atoms with Gasteiger partial charge >= 0.3 is 5.69 Å². The summed E-state index contributed by atoms with van der Waals surface area (Å²) in [6, 6.07) is 25.7. The predicted octanol–water partition coefficient (Wildman–Crippen LogP) is 6.51. The highest BCUT2D eigenvalue weighted by Crippen LogP contribution is 2.34. The van der Waals surface area contributed by atoms with Crippen LogP contribution in [-0.4, -0.2) is 9.85 Å². The SMILES string of the molecule is N#C/C(=C/c1ccc(Oc2ccc([N+](=O)[O-])cc2[N+](=O)[O-])cc1)c1cccc2ccccc12. The van der Waals surface area contributed by atoms with Gasteiger partial charge in [0, 0.05) is 11.6 Å². The summed E-state index contributed by atoms with van der Waals surface area (Å²) in [5.41, 5.74) is 1.15. The Morgan fingerprint density at radius 3 is 2.30 bits per heavy atom. The maximum Gasteiger partial charge on any atom is 0.318 e. The lowest BCUT2D eigenvalue weighted by Gasteiger charge is -2.07. The maximum absolute atomic E-state index is 11.3. The second-order valence-electron chi connectivity index (χ2n) is 7.03. The summed E-state index contributed by atoms with van der Waals surface area (Å²) in [5.74, 6) is 0.204. The van der Waals surface area contributed by atoms with E-state index in [-0.39, 0.29) is 5.75 Å². The molecule has 4 aromatic rings. The van der Waals surface area contributed by atoms with Gasteiger partial charge in [0.1, 0.15) is 5.75 Å². The number of hydrogen-bond donors (Lipinski definition) is 0. The van der Waals surface area contributed by atoms with Crippen molar-refractivity contribution in [3.05, 3.63) is 116 Å². The lowest BCUT2D eigenvalue weighted by molar-refractivity contribution is -0.394. The molecule has 0 fully saturated rings. The van der Waals surface area contributed by atoms with Crippen LogP contribution in [0, 0.1) is 31.6 Å². The van der Waals surface area contributed by atoms with Crippen LogP contribution < -0.4 is 4.74 Å². The molecular formula is C25H15N3O5. The molecule has 0 atom stereocenters. The van der Waals surface area contributed by atoms with Crippen molar-refractivity contribution in [2.75, 3.05) is 0 Å². The van der Waals surface area contributed by atoms with Crippen molar-refractivity contribution in [2.45, 2.75) is 0 Å². The van der Waals surface area contributed by atoms with Crippen LogP contribution in [0.15, 0.2) is 84.9 Å². The van der Waals surface area contributed by atoms with Gasteiger partial charge in [-0.05, 0) is 40.6 Å². The van der Waals surface area contributed by atoms with Gasteiger partial charge in [-0.15, -0.1) is 0 Å². The summed E-state index contributed by atoms with van der Waals surface area (Å²) in [5, 5.41) is 33.9. The first kappa shape index (κ1) is 21.2. The van der Waals surface area contributed by atoms with E-state index in [0.29, 0.717) is 11.3 Å². The van der Waals surface area contributed by atoms with Crippen LogP contribution in [0.4, 0.5) is 11.4 Å². The lowest BCUT2D eigenvalue weighted by Crippen LogP contribution is -1.96. The van der Waals surface area contributed by atoms with Gasteiger partial charge in [0.15, 0.2) is 0 Å². The Bertz CT molecular complexity index is 1450. The highest BCUT2D eigenvalue weighted by molar-refractivity contribution is 6.01. The molecule has 0 unspecified atom stereocenters. The zero-order chi connectivity index (χ0) is 23.4. The zero-order valence-corrected chi connectivity index (χ0v) is 17.0. The van der Waals surface area contributed by atoms with Crippen molar-refractivity contribution in [3.8, 4) is 17.6 Å². The minimum atomic E-state index is -0.733. The van der Waals surface area contributed by atoms with Gasteiger partial charge in [-0.25, -0.2) is 0 Å². The Morgan fingerprint density at radius 1 is 0.879 bits per heavy atom. The molecule has 4 aromatic carbocycles. The fraction of sp³-hybridized carbons (Fsp3) is 0. The molecule has 0 N–H and O–H groups in total. The van der Waals surface area contributed by atoms with E-state index in [4.69, 9.17) is 4.74 Å². The van der Waals surface area contributed by atoms with E-state index in [1.807, 2.05) is 42.5 Å². The normalized spacial score (nSPS) is 11.1. The van der Waals surface area contributed by atoms with Gasteiger partial charge in [-0.2, -0.15) is 5.26 Å². The van der Waals surface area contributed by atoms with Crippen LogP contribution in [0.5, 0.6) is 11.5 Å². The maximum atomic E-state index is 11.3. The van der Waals surface area contributed by atoms with E-state index in [0.717, 1.165) is 34.0 Å². The molecule has 4 rings (SSSR count). The molecule has 0 amide bonds. The van der Waals surface area contributed by atoms with Crippen molar-refractivity contribution in [1.82, 2.24) is 0 Å². The van der Waals surface area contributed by atoms with Crippen LogP contribution >= 0.6 is 0 Å². The van der Waals surface area contributed by atoms with E-state index in [1.54, 1.807) is 30.3 Å². The summed E-state index contributed by atoms with van der Waals surface area (Å²) >= 11 is 0. The van der Waals surface area contributed by atoms with E-state index < -0.39 is 21.2 Å². The quantitative estimate of drug-likeness (QED) is 0.147. The van der Waals surface area contributed by atoms with Crippen LogP contribution in [-0.2, 0) is 0 Å². The predicted molar refractivity (Wildman–Crippen MR) is 124 cm³/mol. The molecule has 0 radical (unpaired) electrons. The molecule has 33 heavy (non-hydrogen) atoms. The first-order chi connectivity index (χ1) is 16.0. The van der Waals surface area contributed by atoms with Crippen LogP contribution in [0.1, 0.15) is 11.1 Å². The number of nitro benzene ring substituents is 2. The first-order valence-corrected chi connectivity index (χ1v) is 9.77. The van der Waals surface area contributed by atoms with Crippen molar-refractivity contribution >= 4 is 33.8 Å². The fourth-order valence-corrected chi connectivity index (χ4v) is 3.40. The largest absolute Gasteiger partial charge is 0.450 e. The summed E-state index contributed by atoms with van der Waals surface area (Å²) < 4.78 is 5.58. The average molecular weight is 437 g/mol. The summed E-state index contributed by atoms with van der Waals surface area (Å²) in [4.78, 5) is 20.7. The van der Waals surface area contributed by atoms with E-state index in [1.165, 1.54) is 6.07 Å². The number of non-ortho nitro benzene ring substituents is 1. The summed E-state index contributed by atoms with van der Waals surface area (Å²) in [7, 11) is 0. The minimum absolute atomic E-state index is 0.109. The van der Waals surface area contributed by atoms with Crippen LogP contribution in [0.2, 0.25) is 0 Å². The highest BCUT2D eigenvalue weighted by Gasteiger charge is 2.21. The van der Waals surface area contributed by atoms with Crippen molar-refractivity contribution in [1.29, 1.82) is 5.26 Å². The molecule has 0 aliphatic heterocycles. The molecule has 0 saturated carbocycles. The van der Waals surface area contributed by atoms with Gasteiger partial charge in [0.25, 0.3) is 5.69 Å².